The van der Waals surface area contributed by atoms with Gasteiger partial charge in [0, 0.05) is 6.07 Å². The van der Waals surface area contributed by atoms with E-state index in [1.54, 1.807) is 12.1 Å². The summed E-state index contributed by atoms with van der Waals surface area (Å²) in [6.45, 7) is 3.00. The van der Waals surface area contributed by atoms with Gasteiger partial charge in [-0.15, -0.1) is 0 Å². The number of anilines is 3. The van der Waals surface area contributed by atoms with Gasteiger partial charge in [-0.2, -0.15) is 5.26 Å². The standard InChI is InChI=1S/C22H19F3N6O2/c1-11-17(24)8-16(10-27-11)29-20-14(9-26)7-18(25)21(31-20)30-19(12(2)28-22(32)33)13-4-3-5-15(23)6-13/h3-8,10,12,19,28H,1-2H3,(H,32,33)(H2,29,30,31)/t12-,19+/m0/s1. The Balaban J connectivity index is 2.00. The lowest BCUT2D eigenvalue weighted by Crippen LogP contribution is -2.39. The molecule has 2 heterocycles. The number of carbonyl (C=O) groups is 1. The zero-order valence-electron chi connectivity index (χ0n) is 17.5. The van der Waals surface area contributed by atoms with E-state index in [0.29, 0.717) is 5.56 Å². The van der Waals surface area contributed by atoms with Gasteiger partial charge in [0.15, 0.2) is 17.5 Å². The first-order chi connectivity index (χ1) is 15.7. The minimum atomic E-state index is -1.32. The van der Waals surface area contributed by atoms with Crippen molar-refractivity contribution in [3.05, 3.63) is 76.9 Å². The molecule has 0 aliphatic rings. The van der Waals surface area contributed by atoms with E-state index in [-0.39, 0.29) is 28.6 Å². The predicted molar refractivity (Wildman–Crippen MR) is 115 cm³/mol. The van der Waals surface area contributed by atoms with Crippen LogP contribution in [-0.4, -0.2) is 27.2 Å². The highest BCUT2D eigenvalue weighted by Gasteiger charge is 2.24. The summed E-state index contributed by atoms with van der Waals surface area (Å²) >= 11 is 0. The molecule has 3 rings (SSSR count). The molecule has 8 nitrogen and oxygen atoms in total. The van der Waals surface area contributed by atoms with Gasteiger partial charge in [0.25, 0.3) is 0 Å². The molecular formula is C22H19F3N6O2. The van der Waals surface area contributed by atoms with Crippen LogP contribution in [0.4, 0.5) is 35.3 Å². The van der Waals surface area contributed by atoms with Crippen LogP contribution in [-0.2, 0) is 0 Å². The number of halogens is 3. The number of nitrogens with one attached hydrogen (secondary N) is 3. The van der Waals surface area contributed by atoms with Gasteiger partial charge in [0.1, 0.15) is 17.7 Å². The van der Waals surface area contributed by atoms with Crippen LogP contribution in [0.5, 0.6) is 0 Å². The minimum Gasteiger partial charge on any atom is -0.465 e. The van der Waals surface area contributed by atoms with Crippen LogP contribution < -0.4 is 16.0 Å². The molecule has 0 aliphatic heterocycles. The number of aryl methyl sites for hydroxylation is 1. The van der Waals surface area contributed by atoms with Gasteiger partial charge in [-0.1, -0.05) is 12.1 Å². The van der Waals surface area contributed by atoms with Gasteiger partial charge < -0.3 is 21.1 Å². The van der Waals surface area contributed by atoms with Crippen LogP contribution in [0.3, 0.4) is 0 Å². The Hall–Kier alpha value is -4.33. The number of nitrogens with zero attached hydrogens (tertiary/aromatic N) is 3. The average Bonchev–Trinajstić information content (AvgIpc) is 2.75. The summed E-state index contributed by atoms with van der Waals surface area (Å²) < 4.78 is 42.4. The monoisotopic (exact) mass is 456 g/mol. The molecule has 11 heteroatoms. The van der Waals surface area contributed by atoms with Crippen molar-refractivity contribution in [3.8, 4) is 6.07 Å². The number of rotatable bonds is 7. The summed E-state index contributed by atoms with van der Waals surface area (Å²) in [6, 6.07) is 7.50. The summed E-state index contributed by atoms with van der Waals surface area (Å²) in [5.41, 5.74) is 0.537. The summed E-state index contributed by atoms with van der Waals surface area (Å²) in [5.74, 6) is -2.45. The molecule has 0 aliphatic carbocycles. The third-order valence-electron chi connectivity index (χ3n) is 4.74. The zero-order valence-corrected chi connectivity index (χ0v) is 17.5. The van der Waals surface area contributed by atoms with E-state index in [4.69, 9.17) is 5.11 Å². The number of hydrogen-bond acceptors (Lipinski definition) is 6. The molecule has 0 radical (unpaired) electrons. The number of hydrogen-bond donors (Lipinski definition) is 4. The third-order valence-corrected chi connectivity index (χ3v) is 4.74. The van der Waals surface area contributed by atoms with E-state index in [0.717, 1.165) is 12.1 Å². The second-order valence-electron chi connectivity index (χ2n) is 7.16. The van der Waals surface area contributed by atoms with Gasteiger partial charge in [0.05, 0.1) is 35.2 Å². The predicted octanol–water partition coefficient (Wildman–Crippen LogP) is 4.63. The van der Waals surface area contributed by atoms with Crippen molar-refractivity contribution in [1.82, 2.24) is 15.3 Å². The van der Waals surface area contributed by atoms with Crippen LogP contribution in [0.1, 0.15) is 29.8 Å². The van der Waals surface area contributed by atoms with Crippen LogP contribution in [0.25, 0.3) is 0 Å². The first-order valence-electron chi connectivity index (χ1n) is 9.69. The maximum atomic E-state index is 14.8. The summed E-state index contributed by atoms with van der Waals surface area (Å²) in [7, 11) is 0. The highest BCUT2D eigenvalue weighted by molar-refractivity contribution is 5.66. The van der Waals surface area contributed by atoms with Crippen LogP contribution in [0, 0.1) is 35.7 Å². The van der Waals surface area contributed by atoms with Crippen LogP contribution >= 0.6 is 0 Å². The Morgan fingerprint density at radius 2 is 1.91 bits per heavy atom. The van der Waals surface area contributed by atoms with E-state index in [2.05, 4.69) is 25.9 Å². The molecule has 0 saturated carbocycles. The van der Waals surface area contributed by atoms with E-state index in [1.165, 1.54) is 38.2 Å². The van der Waals surface area contributed by atoms with Crippen molar-refractivity contribution in [2.75, 3.05) is 10.6 Å². The Bertz CT molecular complexity index is 1230. The largest absolute Gasteiger partial charge is 0.465 e. The fourth-order valence-electron chi connectivity index (χ4n) is 3.10. The molecule has 33 heavy (non-hydrogen) atoms. The Labute approximate surface area is 187 Å². The number of aromatic nitrogens is 2. The first kappa shape index (κ1) is 23.3. The highest BCUT2D eigenvalue weighted by atomic mass is 19.1. The number of benzene rings is 1. The molecule has 2 atom stereocenters. The smallest absolute Gasteiger partial charge is 0.404 e. The molecule has 0 unspecified atom stereocenters. The maximum Gasteiger partial charge on any atom is 0.404 e. The van der Waals surface area contributed by atoms with E-state index in [9.17, 15) is 23.2 Å². The van der Waals surface area contributed by atoms with Gasteiger partial charge in [-0.25, -0.2) is 22.9 Å². The Morgan fingerprint density at radius 3 is 2.55 bits per heavy atom. The minimum absolute atomic E-state index is 0.0803. The van der Waals surface area contributed by atoms with Crippen LogP contribution in [0.15, 0.2) is 42.6 Å². The summed E-state index contributed by atoms with van der Waals surface area (Å²) in [5, 5.41) is 26.2. The number of carboxylic acid groups (broad SMARTS) is 1. The van der Waals surface area contributed by atoms with Crippen molar-refractivity contribution in [3.63, 3.8) is 0 Å². The summed E-state index contributed by atoms with van der Waals surface area (Å²) in [6.07, 6.45) is 0.00163. The molecule has 0 fully saturated rings. The second kappa shape index (κ2) is 9.86. The van der Waals surface area contributed by atoms with Crippen molar-refractivity contribution >= 4 is 23.4 Å². The molecular weight excluding hydrogens is 437 g/mol. The number of amides is 1. The molecule has 1 amide bonds. The topological polar surface area (TPSA) is 123 Å². The van der Waals surface area contributed by atoms with Crippen LogP contribution in [0.2, 0.25) is 0 Å². The zero-order chi connectivity index (χ0) is 24.1. The third kappa shape index (κ3) is 5.68. The summed E-state index contributed by atoms with van der Waals surface area (Å²) in [4.78, 5) is 19.1. The normalized spacial score (nSPS) is 12.4. The quantitative estimate of drug-likeness (QED) is 0.409. The lowest BCUT2D eigenvalue weighted by Gasteiger charge is -2.26. The van der Waals surface area contributed by atoms with E-state index in [1.807, 2.05) is 0 Å². The lowest BCUT2D eigenvalue weighted by molar-refractivity contribution is 0.189. The Morgan fingerprint density at radius 1 is 1.15 bits per heavy atom. The first-order valence-corrected chi connectivity index (χ1v) is 9.69. The number of nitriles is 1. The van der Waals surface area contributed by atoms with Crippen molar-refractivity contribution in [1.29, 1.82) is 5.26 Å². The number of pyridine rings is 2. The molecule has 2 aromatic heterocycles. The van der Waals surface area contributed by atoms with Crippen molar-refractivity contribution in [2.24, 2.45) is 0 Å². The molecule has 1 aromatic carbocycles. The molecule has 4 N–H and O–H groups in total. The van der Waals surface area contributed by atoms with Crippen molar-refractivity contribution in [2.45, 2.75) is 25.9 Å². The maximum absolute atomic E-state index is 14.8. The van der Waals surface area contributed by atoms with Gasteiger partial charge in [-0.3, -0.25) is 4.98 Å². The highest BCUT2D eigenvalue weighted by Crippen LogP contribution is 2.28. The molecule has 0 spiro atoms. The van der Waals surface area contributed by atoms with Crippen molar-refractivity contribution < 1.29 is 23.1 Å². The van der Waals surface area contributed by atoms with Gasteiger partial charge in [-0.05, 0) is 37.6 Å². The molecule has 0 bridgehead atoms. The van der Waals surface area contributed by atoms with E-state index >= 15 is 0 Å². The Kier molecular flexibility index (Phi) is 6.97. The van der Waals surface area contributed by atoms with E-state index < -0.39 is 35.6 Å². The molecule has 0 saturated heterocycles. The fraction of sp³-hybridized carbons (Fsp3) is 0.182. The second-order valence-corrected chi connectivity index (χ2v) is 7.16. The molecule has 170 valence electrons. The SMILES string of the molecule is Cc1ncc(Nc2nc(N[C@@H](c3cccc(F)c3)[C@H](C)NC(=O)O)c(F)cc2C#N)cc1F. The molecule has 3 aromatic rings. The fourth-order valence-corrected chi connectivity index (χ4v) is 3.10. The van der Waals surface area contributed by atoms with Gasteiger partial charge in [0.2, 0.25) is 0 Å². The average molecular weight is 456 g/mol. The van der Waals surface area contributed by atoms with Gasteiger partial charge >= 0.3 is 6.09 Å². The lowest BCUT2D eigenvalue weighted by atomic mass is 10.00.